The second-order valence-electron chi connectivity index (χ2n) is 3.72. The van der Waals surface area contributed by atoms with Crippen molar-refractivity contribution in [2.75, 3.05) is 23.4 Å². The lowest BCUT2D eigenvalue weighted by Gasteiger charge is -2.06. The highest BCUT2D eigenvalue weighted by Crippen LogP contribution is 2.09. The predicted molar refractivity (Wildman–Crippen MR) is 75.3 cm³/mol. The van der Waals surface area contributed by atoms with Crippen molar-refractivity contribution < 1.29 is 0 Å². The zero-order valence-electron chi connectivity index (χ0n) is 10.4. The standard InChI is InChI=1S/C12H17N5S/c1-2-18-7-3-6-14-11-4-5-12(15-8-11)17-10-13-9-16-17/h4-5,8-10,14H,2-3,6-7H2,1H3. The summed E-state index contributed by atoms with van der Waals surface area (Å²) in [5.74, 6) is 3.17. The van der Waals surface area contributed by atoms with Crippen LogP contribution in [0.2, 0.25) is 0 Å². The third-order valence-electron chi connectivity index (χ3n) is 2.40. The van der Waals surface area contributed by atoms with Crippen molar-refractivity contribution in [1.82, 2.24) is 19.7 Å². The highest BCUT2D eigenvalue weighted by atomic mass is 32.2. The molecule has 1 N–H and O–H groups in total. The molecule has 2 aromatic rings. The maximum absolute atomic E-state index is 4.33. The normalized spacial score (nSPS) is 10.5. The molecule has 0 aliphatic heterocycles. The molecule has 0 bridgehead atoms. The second-order valence-corrected chi connectivity index (χ2v) is 5.12. The fraction of sp³-hybridized carbons (Fsp3) is 0.417. The van der Waals surface area contributed by atoms with E-state index in [1.54, 1.807) is 11.0 Å². The summed E-state index contributed by atoms with van der Waals surface area (Å²) in [5, 5.41) is 7.39. The number of rotatable bonds is 7. The zero-order chi connectivity index (χ0) is 12.6. The van der Waals surface area contributed by atoms with E-state index in [9.17, 15) is 0 Å². The first-order valence-electron chi connectivity index (χ1n) is 6.03. The van der Waals surface area contributed by atoms with E-state index in [4.69, 9.17) is 0 Å². The largest absolute Gasteiger partial charge is 0.384 e. The average molecular weight is 263 g/mol. The van der Waals surface area contributed by atoms with Gasteiger partial charge in [-0.2, -0.15) is 16.9 Å². The van der Waals surface area contributed by atoms with Crippen LogP contribution in [0.15, 0.2) is 31.0 Å². The number of nitrogens with zero attached hydrogens (tertiary/aromatic N) is 4. The molecule has 0 amide bonds. The molecule has 2 heterocycles. The molecule has 0 saturated carbocycles. The van der Waals surface area contributed by atoms with Crippen LogP contribution in [0.3, 0.4) is 0 Å². The molecule has 0 unspecified atom stereocenters. The van der Waals surface area contributed by atoms with Gasteiger partial charge in [-0.1, -0.05) is 6.92 Å². The van der Waals surface area contributed by atoms with Gasteiger partial charge in [-0.25, -0.2) is 14.6 Å². The van der Waals surface area contributed by atoms with Gasteiger partial charge in [0.25, 0.3) is 0 Å². The Morgan fingerprint density at radius 1 is 1.39 bits per heavy atom. The van der Waals surface area contributed by atoms with E-state index >= 15 is 0 Å². The Morgan fingerprint density at radius 3 is 3.00 bits per heavy atom. The van der Waals surface area contributed by atoms with Crippen LogP contribution in [0.4, 0.5) is 5.69 Å². The topological polar surface area (TPSA) is 55.6 Å². The number of pyridine rings is 1. The van der Waals surface area contributed by atoms with E-state index in [0.717, 1.165) is 18.1 Å². The number of thioether (sulfide) groups is 1. The molecule has 0 saturated heterocycles. The molecule has 0 spiro atoms. The molecule has 0 aliphatic carbocycles. The summed E-state index contributed by atoms with van der Waals surface area (Å²) in [7, 11) is 0. The van der Waals surface area contributed by atoms with Crippen LogP contribution in [0.1, 0.15) is 13.3 Å². The fourth-order valence-electron chi connectivity index (χ4n) is 1.50. The van der Waals surface area contributed by atoms with Crippen LogP contribution in [0.5, 0.6) is 0 Å². The number of aromatic nitrogens is 4. The van der Waals surface area contributed by atoms with Crippen molar-refractivity contribution in [3.8, 4) is 5.82 Å². The summed E-state index contributed by atoms with van der Waals surface area (Å²) in [5.41, 5.74) is 1.04. The van der Waals surface area contributed by atoms with Gasteiger partial charge in [0.1, 0.15) is 12.7 Å². The Kier molecular flexibility index (Phi) is 5.01. The van der Waals surface area contributed by atoms with Gasteiger partial charge in [0.15, 0.2) is 5.82 Å². The summed E-state index contributed by atoms with van der Waals surface area (Å²) >= 11 is 1.97. The predicted octanol–water partition coefficient (Wildman–Crippen LogP) is 2.22. The third kappa shape index (κ3) is 3.73. The first kappa shape index (κ1) is 12.9. The van der Waals surface area contributed by atoms with Gasteiger partial charge in [0, 0.05) is 6.54 Å². The maximum atomic E-state index is 4.33. The molecule has 2 aromatic heterocycles. The summed E-state index contributed by atoms with van der Waals surface area (Å²) in [6.07, 6.45) is 6.13. The van der Waals surface area contributed by atoms with Crippen LogP contribution in [-0.4, -0.2) is 37.8 Å². The maximum Gasteiger partial charge on any atom is 0.155 e. The average Bonchev–Trinajstić information content (AvgIpc) is 2.93. The molecule has 0 radical (unpaired) electrons. The SMILES string of the molecule is CCSCCCNc1ccc(-n2cncn2)nc1. The van der Waals surface area contributed by atoms with Crippen LogP contribution in [0, 0.1) is 0 Å². The summed E-state index contributed by atoms with van der Waals surface area (Å²) < 4.78 is 1.64. The van der Waals surface area contributed by atoms with Crippen molar-refractivity contribution in [2.45, 2.75) is 13.3 Å². The molecule has 0 aromatic carbocycles. The van der Waals surface area contributed by atoms with Gasteiger partial charge in [-0.15, -0.1) is 0 Å². The van der Waals surface area contributed by atoms with E-state index < -0.39 is 0 Å². The van der Waals surface area contributed by atoms with Gasteiger partial charge >= 0.3 is 0 Å². The number of hydrogen-bond acceptors (Lipinski definition) is 5. The van der Waals surface area contributed by atoms with Crippen molar-refractivity contribution in [1.29, 1.82) is 0 Å². The van der Waals surface area contributed by atoms with Crippen molar-refractivity contribution in [3.05, 3.63) is 31.0 Å². The molecule has 6 heteroatoms. The lowest BCUT2D eigenvalue weighted by molar-refractivity contribution is 0.845. The van der Waals surface area contributed by atoms with Gasteiger partial charge in [-0.05, 0) is 30.1 Å². The zero-order valence-corrected chi connectivity index (χ0v) is 11.2. The Labute approximate surface area is 111 Å². The molecule has 0 atom stereocenters. The molecule has 96 valence electrons. The molecule has 5 nitrogen and oxygen atoms in total. The van der Waals surface area contributed by atoms with Crippen molar-refractivity contribution >= 4 is 17.4 Å². The van der Waals surface area contributed by atoms with Gasteiger partial charge < -0.3 is 5.32 Å². The number of nitrogens with one attached hydrogen (secondary N) is 1. The summed E-state index contributed by atoms with van der Waals surface area (Å²) in [6.45, 7) is 3.17. The van der Waals surface area contributed by atoms with Crippen molar-refractivity contribution in [3.63, 3.8) is 0 Å². The lowest BCUT2D eigenvalue weighted by atomic mass is 10.4. The fourth-order valence-corrected chi connectivity index (χ4v) is 2.14. The molecular weight excluding hydrogens is 246 g/mol. The summed E-state index contributed by atoms with van der Waals surface area (Å²) in [6, 6.07) is 3.94. The van der Waals surface area contributed by atoms with E-state index in [1.807, 2.05) is 30.1 Å². The monoisotopic (exact) mass is 263 g/mol. The first-order chi connectivity index (χ1) is 8.90. The van der Waals surface area contributed by atoms with Gasteiger partial charge in [0.05, 0.1) is 11.9 Å². The smallest absolute Gasteiger partial charge is 0.155 e. The summed E-state index contributed by atoms with van der Waals surface area (Å²) in [4.78, 5) is 8.22. The van der Waals surface area contributed by atoms with Crippen LogP contribution in [-0.2, 0) is 0 Å². The first-order valence-corrected chi connectivity index (χ1v) is 7.18. The van der Waals surface area contributed by atoms with E-state index in [2.05, 4.69) is 27.3 Å². The van der Waals surface area contributed by atoms with Crippen LogP contribution >= 0.6 is 11.8 Å². The van der Waals surface area contributed by atoms with Crippen LogP contribution in [0.25, 0.3) is 5.82 Å². The lowest BCUT2D eigenvalue weighted by Crippen LogP contribution is -2.04. The minimum Gasteiger partial charge on any atom is -0.384 e. The van der Waals surface area contributed by atoms with Gasteiger partial charge in [-0.3, -0.25) is 0 Å². The van der Waals surface area contributed by atoms with Gasteiger partial charge in [0.2, 0.25) is 0 Å². The second kappa shape index (κ2) is 7.00. The minimum absolute atomic E-state index is 0.777. The molecular formula is C12H17N5S. The van der Waals surface area contributed by atoms with Crippen LogP contribution < -0.4 is 5.32 Å². The van der Waals surface area contributed by atoms with Crippen molar-refractivity contribution in [2.24, 2.45) is 0 Å². The minimum atomic E-state index is 0.777. The highest BCUT2D eigenvalue weighted by molar-refractivity contribution is 7.99. The van der Waals surface area contributed by atoms with E-state index in [-0.39, 0.29) is 0 Å². The Morgan fingerprint density at radius 2 is 2.33 bits per heavy atom. The molecule has 18 heavy (non-hydrogen) atoms. The van der Waals surface area contributed by atoms with E-state index in [1.165, 1.54) is 24.3 Å². The Bertz CT molecular complexity index is 440. The Hall–Kier alpha value is -1.56. The molecule has 0 fully saturated rings. The number of anilines is 1. The number of hydrogen-bond donors (Lipinski definition) is 1. The molecule has 0 aliphatic rings. The third-order valence-corrected chi connectivity index (χ3v) is 3.39. The molecule has 2 rings (SSSR count). The highest BCUT2D eigenvalue weighted by Gasteiger charge is 1.98. The quantitative estimate of drug-likeness (QED) is 0.776. The van der Waals surface area contributed by atoms with E-state index in [0.29, 0.717) is 0 Å². The Balaban J connectivity index is 1.81.